The van der Waals surface area contributed by atoms with E-state index in [1.165, 1.54) is 0 Å². The van der Waals surface area contributed by atoms with Crippen molar-refractivity contribution in [1.29, 1.82) is 0 Å². The lowest BCUT2D eigenvalue weighted by atomic mass is 9.89. The van der Waals surface area contributed by atoms with Gasteiger partial charge in [-0.1, -0.05) is 78.4 Å². The predicted molar refractivity (Wildman–Crippen MR) is 123 cm³/mol. The molecule has 31 heavy (non-hydrogen) atoms. The van der Waals surface area contributed by atoms with Crippen LogP contribution < -0.4 is 5.32 Å². The molecule has 158 valence electrons. The van der Waals surface area contributed by atoms with Gasteiger partial charge in [-0.15, -0.1) is 0 Å². The summed E-state index contributed by atoms with van der Waals surface area (Å²) in [6.45, 7) is 3.30. The number of nitrogens with one attached hydrogen (secondary N) is 1. The van der Waals surface area contributed by atoms with Crippen LogP contribution >= 0.6 is 0 Å². The van der Waals surface area contributed by atoms with Crippen LogP contribution in [-0.2, 0) is 4.79 Å². The van der Waals surface area contributed by atoms with Crippen LogP contribution in [0.15, 0.2) is 84.9 Å². The van der Waals surface area contributed by atoms with Crippen LogP contribution in [0.5, 0.6) is 0 Å². The molecule has 0 aliphatic carbocycles. The van der Waals surface area contributed by atoms with Gasteiger partial charge >= 0.3 is 0 Å². The summed E-state index contributed by atoms with van der Waals surface area (Å²) in [5.74, 6) is -0.224. The first-order chi connectivity index (χ1) is 15.1. The number of rotatable bonds is 5. The van der Waals surface area contributed by atoms with Crippen molar-refractivity contribution in [2.24, 2.45) is 0 Å². The SMILES string of the molecule is Cc1ccc(C(=O)NC2CCN(C(=O)C(c3ccccc3)c3ccccc3)CC2)cc1. The minimum absolute atomic E-state index is 0.0452. The number of amides is 2. The molecular weight excluding hydrogens is 384 g/mol. The van der Waals surface area contributed by atoms with Crippen LogP contribution in [-0.4, -0.2) is 35.8 Å². The summed E-state index contributed by atoms with van der Waals surface area (Å²) in [4.78, 5) is 28.0. The minimum atomic E-state index is -0.305. The number of nitrogens with zero attached hydrogens (tertiary/aromatic N) is 1. The molecule has 2 amide bonds. The van der Waals surface area contributed by atoms with Crippen molar-refractivity contribution in [3.63, 3.8) is 0 Å². The molecule has 1 saturated heterocycles. The Balaban J connectivity index is 1.41. The second kappa shape index (κ2) is 9.61. The molecule has 0 atom stereocenters. The Kier molecular flexibility index (Phi) is 6.46. The summed E-state index contributed by atoms with van der Waals surface area (Å²) in [7, 11) is 0. The fourth-order valence-electron chi connectivity index (χ4n) is 4.17. The molecule has 4 heteroatoms. The van der Waals surface area contributed by atoms with Crippen LogP contribution in [0.3, 0.4) is 0 Å². The maximum Gasteiger partial charge on any atom is 0.251 e. The number of likely N-dealkylation sites (tertiary alicyclic amines) is 1. The van der Waals surface area contributed by atoms with Gasteiger partial charge in [-0.2, -0.15) is 0 Å². The van der Waals surface area contributed by atoms with Gasteiger partial charge in [-0.05, 0) is 43.0 Å². The Bertz CT molecular complexity index is 969. The molecule has 1 aliphatic heterocycles. The van der Waals surface area contributed by atoms with Gasteiger partial charge in [-0.25, -0.2) is 0 Å². The molecule has 3 aromatic rings. The van der Waals surface area contributed by atoms with Crippen molar-refractivity contribution in [2.75, 3.05) is 13.1 Å². The van der Waals surface area contributed by atoms with E-state index in [1.54, 1.807) is 0 Å². The van der Waals surface area contributed by atoms with Crippen LogP contribution in [0.25, 0.3) is 0 Å². The van der Waals surface area contributed by atoms with E-state index in [0.29, 0.717) is 18.7 Å². The molecule has 0 unspecified atom stereocenters. The van der Waals surface area contributed by atoms with Crippen molar-refractivity contribution in [2.45, 2.75) is 31.7 Å². The van der Waals surface area contributed by atoms with E-state index >= 15 is 0 Å². The largest absolute Gasteiger partial charge is 0.349 e. The first-order valence-electron chi connectivity index (χ1n) is 10.9. The lowest BCUT2D eigenvalue weighted by Crippen LogP contribution is -2.47. The van der Waals surface area contributed by atoms with E-state index in [-0.39, 0.29) is 23.8 Å². The zero-order chi connectivity index (χ0) is 21.6. The highest BCUT2D eigenvalue weighted by atomic mass is 16.2. The quantitative estimate of drug-likeness (QED) is 0.668. The van der Waals surface area contributed by atoms with Gasteiger partial charge in [0.15, 0.2) is 0 Å². The number of piperidine rings is 1. The topological polar surface area (TPSA) is 49.4 Å². The van der Waals surface area contributed by atoms with Crippen LogP contribution in [0.1, 0.15) is 45.8 Å². The second-order valence-electron chi connectivity index (χ2n) is 8.19. The maximum absolute atomic E-state index is 13.5. The van der Waals surface area contributed by atoms with E-state index in [1.807, 2.05) is 96.8 Å². The number of aryl methyl sites for hydroxylation is 1. The normalized spacial score (nSPS) is 14.5. The van der Waals surface area contributed by atoms with Crippen LogP contribution in [0.2, 0.25) is 0 Å². The first kappa shape index (κ1) is 20.9. The molecule has 0 radical (unpaired) electrons. The molecule has 0 aromatic heterocycles. The highest BCUT2D eigenvalue weighted by Crippen LogP contribution is 2.28. The average Bonchev–Trinajstić information content (AvgIpc) is 2.81. The van der Waals surface area contributed by atoms with Crippen LogP contribution in [0, 0.1) is 6.92 Å². The Hall–Kier alpha value is -3.40. The van der Waals surface area contributed by atoms with Gasteiger partial charge in [0, 0.05) is 24.7 Å². The van der Waals surface area contributed by atoms with Gasteiger partial charge in [0.1, 0.15) is 0 Å². The van der Waals surface area contributed by atoms with Crippen molar-refractivity contribution >= 4 is 11.8 Å². The lowest BCUT2D eigenvalue weighted by molar-refractivity contribution is -0.132. The average molecular weight is 413 g/mol. The molecule has 0 spiro atoms. The van der Waals surface area contributed by atoms with Gasteiger partial charge in [-0.3, -0.25) is 9.59 Å². The summed E-state index contributed by atoms with van der Waals surface area (Å²) in [5.41, 5.74) is 3.83. The van der Waals surface area contributed by atoms with E-state index in [0.717, 1.165) is 29.5 Å². The van der Waals surface area contributed by atoms with Crippen molar-refractivity contribution in [1.82, 2.24) is 10.2 Å². The van der Waals surface area contributed by atoms with E-state index in [2.05, 4.69) is 5.32 Å². The molecule has 0 bridgehead atoms. The summed E-state index contributed by atoms with van der Waals surface area (Å²) in [6.07, 6.45) is 1.53. The Morgan fingerprint density at radius 2 is 1.32 bits per heavy atom. The zero-order valence-electron chi connectivity index (χ0n) is 17.8. The Morgan fingerprint density at radius 3 is 1.84 bits per heavy atom. The van der Waals surface area contributed by atoms with E-state index in [9.17, 15) is 9.59 Å². The fraction of sp³-hybridized carbons (Fsp3) is 0.259. The highest BCUT2D eigenvalue weighted by molar-refractivity contribution is 5.94. The maximum atomic E-state index is 13.5. The van der Waals surface area contributed by atoms with Gasteiger partial charge in [0.05, 0.1) is 5.92 Å². The third-order valence-corrected chi connectivity index (χ3v) is 5.97. The standard InChI is InChI=1S/C27H28N2O2/c1-20-12-14-23(15-13-20)26(30)28-24-16-18-29(19-17-24)27(31)25(21-8-4-2-5-9-21)22-10-6-3-7-11-22/h2-15,24-25H,16-19H2,1H3,(H,28,30). The molecule has 0 saturated carbocycles. The molecule has 1 N–H and O–H groups in total. The second-order valence-corrected chi connectivity index (χ2v) is 8.19. The summed E-state index contributed by atoms with van der Waals surface area (Å²) in [6, 6.07) is 27.6. The van der Waals surface area contributed by atoms with Gasteiger partial charge < -0.3 is 10.2 Å². The Labute approximate surface area is 183 Å². The molecule has 1 heterocycles. The lowest BCUT2D eigenvalue weighted by Gasteiger charge is -2.35. The van der Waals surface area contributed by atoms with E-state index < -0.39 is 0 Å². The monoisotopic (exact) mass is 412 g/mol. The van der Waals surface area contributed by atoms with Gasteiger partial charge in [0.25, 0.3) is 5.91 Å². The van der Waals surface area contributed by atoms with Gasteiger partial charge in [0.2, 0.25) is 5.91 Å². The summed E-state index contributed by atoms with van der Waals surface area (Å²) in [5, 5.41) is 3.13. The fourth-order valence-corrected chi connectivity index (χ4v) is 4.17. The third kappa shape index (κ3) is 5.02. The number of benzene rings is 3. The zero-order valence-corrected chi connectivity index (χ0v) is 17.8. The molecule has 4 rings (SSSR count). The number of hydrogen-bond acceptors (Lipinski definition) is 2. The van der Waals surface area contributed by atoms with Crippen molar-refractivity contribution in [3.05, 3.63) is 107 Å². The minimum Gasteiger partial charge on any atom is -0.349 e. The van der Waals surface area contributed by atoms with Crippen LogP contribution in [0.4, 0.5) is 0 Å². The smallest absolute Gasteiger partial charge is 0.251 e. The molecule has 1 aliphatic rings. The summed E-state index contributed by atoms with van der Waals surface area (Å²) >= 11 is 0. The molecule has 1 fully saturated rings. The summed E-state index contributed by atoms with van der Waals surface area (Å²) < 4.78 is 0. The highest BCUT2D eigenvalue weighted by Gasteiger charge is 2.30. The number of hydrogen-bond donors (Lipinski definition) is 1. The first-order valence-corrected chi connectivity index (χ1v) is 10.9. The van der Waals surface area contributed by atoms with Crippen molar-refractivity contribution < 1.29 is 9.59 Å². The number of carbonyl (C=O) groups is 2. The number of carbonyl (C=O) groups excluding carboxylic acids is 2. The Morgan fingerprint density at radius 1 is 0.806 bits per heavy atom. The third-order valence-electron chi connectivity index (χ3n) is 5.97. The molecular formula is C27H28N2O2. The predicted octanol–water partition coefficient (Wildman–Crippen LogP) is 4.55. The molecule has 4 nitrogen and oxygen atoms in total. The van der Waals surface area contributed by atoms with Crippen molar-refractivity contribution in [3.8, 4) is 0 Å². The molecule has 3 aromatic carbocycles. The van der Waals surface area contributed by atoms with E-state index in [4.69, 9.17) is 0 Å².